The Bertz CT molecular complexity index is 1190. The number of esters is 1. The van der Waals surface area contributed by atoms with Crippen LogP contribution in [0.15, 0.2) is 34.8 Å². The average Bonchev–Trinajstić information content (AvgIpc) is 3.20. The maximum absolute atomic E-state index is 12.6. The lowest BCUT2D eigenvalue weighted by atomic mass is 9.94. The van der Waals surface area contributed by atoms with Gasteiger partial charge in [-0.2, -0.15) is 0 Å². The molecule has 0 aliphatic carbocycles. The highest BCUT2D eigenvalue weighted by Crippen LogP contribution is 2.44. The highest BCUT2D eigenvalue weighted by Gasteiger charge is 2.44. The Balaban J connectivity index is 1.97. The topological polar surface area (TPSA) is 57.2 Å². The summed E-state index contributed by atoms with van der Waals surface area (Å²) in [5.74, 6) is 1.92. The predicted molar refractivity (Wildman–Crippen MR) is 129 cm³/mol. The van der Waals surface area contributed by atoms with Gasteiger partial charge in [0.25, 0.3) is 0 Å². The minimum atomic E-state index is -0.639. The number of likely N-dealkylation sites (tertiary alicyclic amines) is 1. The Morgan fingerprint density at radius 1 is 0.969 bits per heavy atom. The van der Waals surface area contributed by atoms with Gasteiger partial charge in [0.05, 0.1) is 28.4 Å². The van der Waals surface area contributed by atoms with E-state index in [0.717, 1.165) is 56.7 Å². The van der Waals surface area contributed by atoms with Crippen LogP contribution in [-0.2, 0) is 16.1 Å². The highest BCUT2D eigenvalue weighted by molar-refractivity contribution is 9.10. The number of nitrogens with zero attached hydrogens (tertiary/aromatic N) is 1. The van der Waals surface area contributed by atoms with Gasteiger partial charge < -0.3 is 18.9 Å². The second-order valence-corrected chi connectivity index (χ2v) is 9.04. The highest BCUT2D eigenvalue weighted by atomic mass is 79.9. The second-order valence-electron chi connectivity index (χ2n) is 8.25. The zero-order chi connectivity index (χ0) is 23.0. The molecule has 32 heavy (non-hydrogen) atoms. The zero-order valence-electron chi connectivity index (χ0n) is 19.1. The Hall–Kier alpha value is -2.51. The summed E-state index contributed by atoms with van der Waals surface area (Å²) in [6, 6.07) is 10.1. The van der Waals surface area contributed by atoms with Crippen LogP contribution in [0.5, 0.6) is 17.2 Å². The first kappa shape index (κ1) is 22.7. The molecule has 0 saturated carbocycles. The molecule has 3 aromatic carbocycles. The lowest BCUT2D eigenvalue weighted by Gasteiger charge is -2.33. The number of benzene rings is 3. The minimum Gasteiger partial charge on any atom is -0.497 e. The SMILES string of the molecule is COC(=O)[C@@]1(C)CCCN1Cc1c(Br)c2cc(OC)c(OC)cc2c2cc(OC)ccc12. The number of ether oxygens (including phenoxy) is 4. The van der Waals surface area contributed by atoms with Gasteiger partial charge >= 0.3 is 5.97 Å². The van der Waals surface area contributed by atoms with Crippen molar-refractivity contribution >= 4 is 43.4 Å². The van der Waals surface area contributed by atoms with Crippen molar-refractivity contribution in [3.8, 4) is 17.2 Å². The Morgan fingerprint density at radius 2 is 1.62 bits per heavy atom. The molecule has 1 atom stereocenters. The van der Waals surface area contributed by atoms with E-state index in [1.807, 2.05) is 31.2 Å². The molecule has 0 radical (unpaired) electrons. The van der Waals surface area contributed by atoms with Crippen LogP contribution >= 0.6 is 15.9 Å². The fourth-order valence-corrected chi connectivity index (χ4v) is 5.44. The summed E-state index contributed by atoms with van der Waals surface area (Å²) >= 11 is 3.88. The first-order chi connectivity index (χ1) is 15.4. The van der Waals surface area contributed by atoms with E-state index in [0.29, 0.717) is 18.0 Å². The third-order valence-corrected chi connectivity index (χ3v) is 7.54. The number of hydrogen-bond donors (Lipinski definition) is 0. The molecule has 7 heteroatoms. The van der Waals surface area contributed by atoms with Crippen molar-refractivity contribution in [2.24, 2.45) is 0 Å². The smallest absolute Gasteiger partial charge is 0.326 e. The van der Waals surface area contributed by atoms with Gasteiger partial charge in [-0.15, -0.1) is 0 Å². The molecule has 0 amide bonds. The lowest BCUT2D eigenvalue weighted by Crippen LogP contribution is -2.48. The van der Waals surface area contributed by atoms with Crippen LogP contribution < -0.4 is 14.2 Å². The van der Waals surface area contributed by atoms with Crippen molar-refractivity contribution in [3.05, 3.63) is 40.4 Å². The quantitative estimate of drug-likeness (QED) is 0.337. The molecule has 0 N–H and O–H groups in total. The Kier molecular flexibility index (Phi) is 6.23. The van der Waals surface area contributed by atoms with Crippen LogP contribution in [0.4, 0.5) is 0 Å². The van der Waals surface area contributed by atoms with Crippen molar-refractivity contribution in [1.29, 1.82) is 0 Å². The standard InChI is InChI=1S/C25H28BrNO5/c1-25(24(28)32-5)9-6-10-27(25)14-20-16-8-7-15(29-2)11-17(16)18-12-21(30-3)22(31-4)13-19(18)23(20)26/h7-8,11-13H,6,9-10,14H2,1-5H3/t25-/m1/s1. The number of methoxy groups -OCH3 is 4. The van der Waals surface area contributed by atoms with Crippen LogP contribution in [0.3, 0.4) is 0 Å². The van der Waals surface area contributed by atoms with Crippen molar-refractivity contribution in [3.63, 3.8) is 0 Å². The van der Waals surface area contributed by atoms with Crippen LogP contribution in [0.1, 0.15) is 25.3 Å². The van der Waals surface area contributed by atoms with Gasteiger partial charge in [-0.3, -0.25) is 9.69 Å². The predicted octanol–water partition coefficient (Wildman–Crippen LogP) is 5.31. The number of halogens is 1. The van der Waals surface area contributed by atoms with Gasteiger partial charge in [0.2, 0.25) is 0 Å². The summed E-state index contributed by atoms with van der Waals surface area (Å²) in [6.07, 6.45) is 1.73. The first-order valence-electron chi connectivity index (χ1n) is 10.5. The third-order valence-electron chi connectivity index (χ3n) is 6.63. The van der Waals surface area contributed by atoms with E-state index in [4.69, 9.17) is 18.9 Å². The van der Waals surface area contributed by atoms with Gasteiger partial charge in [0.1, 0.15) is 11.3 Å². The largest absolute Gasteiger partial charge is 0.497 e. The van der Waals surface area contributed by atoms with Crippen molar-refractivity contribution in [1.82, 2.24) is 4.90 Å². The lowest BCUT2D eigenvalue weighted by molar-refractivity contribution is -0.152. The van der Waals surface area contributed by atoms with Crippen LogP contribution in [0.2, 0.25) is 0 Å². The fourth-order valence-electron chi connectivity index (χ4n) is 4.77. The molecule has 6 nitrogen and oxygen atoms in total. The second kappa shape index (κ2) is 8.79. The maximum Gasteiger partial charge on any atom is 0.326 e. The van der Waals surface area contributed by atoms with Gasteiger partial charge in [-0.05, 0) is 88.2 Å². The van der Waals surface area contributed by atoms with E-state index in [-0.39, 0.29) is 5.97 Å². The normalized spacial score (nSPS) is 18.8. The maximum atomic E-state index is 12.6. The number of hydrogen-bond acceptors (Lipinski definition) is 6. The number of rotatable bonds is 6. The molecular formula is C25H28BrNO5. The number of carbonyl (C=O) groups is 1. The van der Waals surface area contributed by atoms with Crippen LogP contribution in [0.25, 0.3) is 21.5 Å². The molecule has 170 valence electrons. The van der Waals surface area contributed by atoms with E-state index < -0.39 is 5.54 Å². The van der Waals surface area contributed by atoms with Gasteiger partial charge in [0, 0.05) is 16.4 Å². The molecule has 1 heterocycles. The molecule has 0 spiro atoms. The summed E-state index contributed by atoms with van der Waals surface area (Å²) in [5, 5.41) is 4.19. The molecule has 0 unspecified atom stereocenters. The van der Waals surface area contributed by atoms with Gasteiger partial charge in [-0.1, -0.05) is 6.07 Å². The molecular weight excluding hydrogens is 474 g/mol. The van der Waals surface area contributed by atoms with Crippen molar-refractivity contribution < 1.29 is 23.7 Å². The van der Waals surface area contributed by atoms with Crippen molar-refractivity contribution in [2.75, 3.05) is 35.0 Å². The van der Waals surface area contributed by atoms with E-state index in [2.05, 4.69) is 26.9 Å². The van der Waals surface area contributed by atoms with E-state index in [1.54, 1.807) is 21.3 Å². The number of fused-ring (bicyclic) bond motifs is 3. The van der Waals surface area contributed by atoms with E-state index >= 15 is 0 Å². The molecule has 1 aliphatic heterocycles. The summed E-state index contributed by atoms with van der Waals surface area (Å²) in [6.45, 7) is 3.42. The van der Waals surface area contributed by atoms with E-state index in [1.165, 1.54) is 7.11 Å². The molecule has 4 rings (SSSR count). The molecule has 1 fully saturated rings. The third kappa shape index (κ3) is 3.57. The molecule has 1 saturated heterocycles. The monoisotopic (exact) mass is 501 g/mol. The average molecular weight is 502 g/mol. The van der Waals surface area contributed by atoms with Crippen LogP contribution in [-0.4, -0.2) is 51.4 Å². The fraction of sp³-hybridized carbons (Fsp3) is 0.400. The van der Waals surface area contributed by atoms with Crippen molar-refractivity contribution in [2.45, 2.75) is 31.8 Å². The van der Waals surface area contributed by atoms with Gasteiger partial charge in [-0.25, -0.2) is 0 Å². The first-order valence-corrected chi connectivity index (χ1v) is 11.3. The Morgan fingerprint density at radius 3 is 2.25 bits per heavy atom. The molecule has 0 bridgehead atoms. The van der Waals surface area contributed by atoms with E-state index in [9.17, 15) is 4.79 Å². The zero-order valence-corrected chi connectivity index (χ0v) is 20.7. The summed E-state index contributed by atoms with van der Waals surface area (Å²) in [7, 11) is 6.39. The summed E-state index contributed by atoms with van der Waals surface area (Å²) in [5.41, 5.74) is 0.471. The minimum absolute atomic E-state index is 0.190. The number of carbonyl (C=O) groups excluding carboxylic acids is 1. The van der Waals surface area contributed by atoms with Crippen LogP contribution in [0, 0.1) is 0 Å². The molecule has 0 aromatic heterocycles. The summed E-state index contributed by atoms with van der Waals surface area (Å²) < 4.78 is 22.8. The molecule has 3 aromatic rings. The van der Waals surface area contributed by atoms with Gasteiger partial charge in [0.15, 0.2) is 11.5 Å². The Labute approximate surface area is 196 Å². The summed E-state index contributed by atoms with van der Waals surface area (Å²) in [4.78, 5) is 14.8. The molecule has 1 aliphatic rings.